The van der Waals surface area contributed by atoms with Gasteiger partial charge in [0, 0.05) is 16.8 Å². The van der Waals surface area contributed by atoms with Crippen molar-refractivity contribution in [2.75, 3.05) is 6.54 Å². The third-order valence-corrected chi connectivity index (χ3v) is 6.22. The Morgan fingerprint density at radius 2 is 2.00 bits per heavy atom. The normalized spacial score (nSPS) is 17.4. The van der Waals surface area contributed by atoms with Crippen LogP contribution in [0.25, 0.3) is 0 Å². The number of hydrogen-bond acceptors (Lipinski definition) is 2. The van der Waals surface area contributed by atoms with Crippen LogP contribution < -0.4 is 5.32 Å². The number of carbonyl (C=O) groups is 1. The number of hydrogen-bond donors (Lipinski definition) is 1. The second-order valence-corrected chi connectivity index (χ2v) is 8.81. The van der Waals surface area contributed by atoms with Crippen LogP contribution in [0, 0.1) is 11.3 Å². The Kier molecular flexibility index (Phi) is 5.09. The molecule has 1 aliphatic carbocycles. The third kappa shape index (κ3) is 3.89. The lowest BCUT2D eigenvalue weighted by Crippen LogP contribution is -2.29. The predicted molar refractivity (Wildman–Crippen MR) is 102 cm³/mol. The zero-order valence-corrected chi connectivity index (χ0v) is 15.7. The maximum atomic E-state index is 12.5. The van der Waals surface area contributed by atoms with Crippen molar-refractivity contribution in [2.24, 2.45) is 11.3 Å². The molecular weight excluding hydrogens is 314 g/mol. The third-order valence-electron chi connectivity index (χ3n) is 5.17. The van der Waals surface area contributed by atoms with Gasteiger partial charge in [-0.2, -0.15) is 0 Å². The van der Waals surface area contributed by atoms with E-state index in [9.17, 15) is 4.79 Å². The summed E-state index contributed by atoms with van der Waals surface area (Å²) in [6.07, 6.45) is 4.24. The van der Waals surface area contributed by atoms with Gasteiger partial charge in [-0.05, 0) is 48.1 Å². The molecule has 2 aromatic rings. The van der Waals surface area contributed by atoms with Gasteiger partial charge < -0.3 is 5.32 Å². The molecule has 1 aromatic carbocycles. The van der Waals surface area contributed by atoms with Crippen LogP contribution in [-0.2, 0) is 19.3 Å². The molecule has 3 heteroatoms. The molecule has 0 aliphatic heterocycles. The molecule has 0 saturated heterocycles. The summed E-state index contributed by atoms with van der Waals surface area (Å²) in [5.74, 6) is 0.815. The highest BCUT2D eigenvalue weighted by Crippen LogP contribution is 2.40. The van der Waals surface area contributed by atoms with E-state index in [-0.39, 0.29) is 5.91 Å². The van der Waals surface area contributed by atoms with Crippen molar-refractivity contribution in [3.8, 4) is 0 Å². The molecule has 1 atom stereocenters. The second kappa shape index (κ2) is 7.10. The quantitative estimate of drug-likeness (QED) is 0.844. The van der Waals surface area contributed by atoms with E-state index < -0.39 is 0 Å². The molecule has 2 nitrogen and oxygen atoms in total. The number of benzene rings is 1. The van der Waals surface area contributed by atoms with Crippen molar-refractivity contribution >= 4 is 17.2 Å². The molecule has 1 unspecified atom stereocenters. The summed E-state index contributed by atoms with van der Waals surface area (Å²) in [4.78, 5) is 14.0. The van der Waals surface area contributed by atoms with Gasteiger partial charge in [0.15, 0.2) is 0 Å². The van der Waals surface area contributed by atoms with E-state index in [4.69, 9.17) is 0 Å². The van der Waals surface area contributed by atoms with E-state index in [1.54, 1.807) is 11.3 Å². The zero-order valence-electron chi connectivity index (χ0n) is 14.9. The van der Waals surface area contributed by atoms with Crippen molar-refractivity contribution < 1.29 is 4.79 Å². The van der Waals surface area contributed by atoms with Gasteiger partial charge in [0.05, 0.1) is 5.56 Å². The highest BCUT2D eigenvalue weighted by Gasteiger charge is 2.31. The van der Waals surface area contributed by atoms with Crippen LogP contribution in [0.4, 0.5) is 0 Å². The zero-order chi connectivity index (χ0) is 17.2. The Balaban J connectivity index is 1.60. The molecule has 128 valence electrons. The molecule has 0 radical (unpaired) electrons. The molecule has 24 heavy (non-hydrogen) atoms. The van der Waals surface area contributed by atoms with Crippen molar-refractivity contribution in [3.63, 3.8) is 0 Å². The Morgan fingerprint density at radius 1 is 1.25 bits per heavy atom. The molecule has 3 rings (SSSR count). The number of thiophene rings is 1. The molecule has 1 heterocycles. The van der Waals surface area contributed by atoms with E-state index >= 15 is 0 Å². The van der Waals surface area contributed by atoms with Crippen molar-refractivity contribution in [2.45, 2.75) is 46.5 Å². The summed E-state index contributed by atoms with van der Waals surface area (Å²) < 4.78 is 0. The summed E-state index contributed by atoms with van der Waals surface area (Å²) in [5, 5.41) is 5.16. The minimum atomic E-state index is 0.0950. The summed E-state index contributed by atoms with van der Waals surface area (Å²) in [5.41, 5.74) is 3.83. The van der Waals surface area contributed by atoms with Gasteiger partial charge in [-0.1, -0.05) is 51.1 Å². The average Bonchev–Trinajstić information content (AvgIpc) is 2.98. The molecular formula is C21H27NOS. The maximum Gasteiger partial charge on any atom is 0.252 e. The van der Waals surface area contributed by atoms with Crippen molar-refractivity contribution in [1.29, 1.82) is 0 Å². The van der Waals surface area contributed by atoms with Crippen LogP contribution in [-0.4, -0.2) is 12.5 Å². The molecule has 0 bridgehead atoms. The number of carbonyl (C=O) groups excluding carboxylic acids is 1. The topological polar surface area (TPSA) is 29.1 Å². The Morgan fingerprint density at radius 3 is 2.71 bits per heavy atom. The number of amides is 1. The summed E-state index contributed by atoms with van der Waals surface area (Å²) in [7, 11) is 0. The summed E-state index contributed by atoms with van der Waals surface area (Å²) in [6.45, 7) is 7.67. The van der Waals surface area contributed by atoms with Gasteiger partial charge in [0.25, 0.3) is 5.91 Å². The number of nitrogens with one attached hydrogen (secondary N) is 1. The van der Waals surface area contributed by atoms with Gasteiger partial charge in [-0.3, -0.25) is 4.79 Å². The molecule has 1 aliphatic rings. The van der Waals surface area contributed by atoms with Crippen LogP contribution in [0.1, 0.15) is 53.6 Å². The fraction of sp³-hybridized carbons (Fsp3) is 0.476. The van der Waals surface area contributed by atoms with Crippen molar-refractivity contribution in [3.05, 3.63) is 57.3 Å². The fourth-order valence-electron chi connectivity index (χ4n) is 3.50. The summed E-state index contributed by atoms with van der Waals surface area (Å²) in [6, 6.07) is 10.3. The Bertz CT molecular complexity index is 696. The molecule has 0 fully saturated rings. The fourth-order valence-corrected chi connectivity index (χ4v) is 4.66. The van der Waals surface area contributed by atoms with Crippen LogP contribution in [0.3, 0.4) is 0 Å². The monoisotopic (exact) mass is 341 g/mol. The van der Waals surface area contributed by atoms with Gasteiger partial charge in [0.2, 0.25) is 0 Å². The lowest BCUT2D eigenvalue weighted by Gasteiger charge is -2.34. The molecule has 1 aromatic heterocycles. The van der Waals surface area contributed by atoms with Crippen LogP contribution in [0.5, 0.6) is 0 Å². The second-order valence-electron chi connectivity index (χ2n) is 7.85. The lowest BCUT2D eigenvalue weighted by molar-refractivity contribution is 0.0953. The van der Waals surface area contributed by atoms with Crippen LogP contribution in [0.2, 0.25) is 0 Å². The van der Waals surface area contributed by atoms with E-state index in [2.05, 4.69) is 43.6 Å². The first-order valence-electron chi connectivity index (χ1n) is 8.86. The standard InChI is InChI=1S/C21H27NOS/c1-21(2,3)16-9-10-17-18(14-24-19(17)13-16)20(23)22-12-11-15-7-5-4-6-8-15/h4-8,14,16H,9-13H2,1-3H3,(H,22,23). The number of rotatable bonds is 4. The molecule has 0 spiro atoms. The maximum absolute atomic E-state index is 12.5. The minimum absolute atomic E-state index is 0.0950. The molecule has 1 N–H and O–H groups in total. The highest BCUT2D eigenvalue weighted by molar-refractivity contribution is 7.10. The Labute approximate surface area is 149 Å². The minimum Gasteiger partial charge on any atom is -0.352 e. The first kappa shape index (κ1) is 17.2. The van der Waals surface area contributed by atoms with Crippen molar-refractivity contribution in [1.82, 2.24) is 5.32 Å². The highest BCUT2D eigenvalue weighted by atomic mass is 32.1. The van der Waals surface area contributed by atoms with Gasteiger partial charge in [0.1, 0.15) is 0 Å². The number of fused-ring (bicyclic) bond motifs is 1. The summed E-state index contributed by atoms with van der Waals surface area (Å²) >= 11 is 1.77. The van der Waals surface area contributed by atoms with Gasteiger partial charge in [-0.25, -0.2) is 0 Å². The van der Waals surface area contributed by atoms with E-state index in [0.29, 0.717) is 12.0 Å². The first-order valence-corrected chi connectivity index (χ1v) is 9.74. The van der Waals surface area contributed by atoms with E-state index in [0.717, 1.165) is 30.7 Å². The molecule has 0 saturated carbocycles. The van der Waals surface area contributed by atoms with E-state index in [1.807, 2.05) is 18.2 Å². The van der Waals surface area contributed by atoms with Gasteiger partial charge in [-0.15, -0.1) is 11.3 Å². The largest absolute Gasteiger partial charge is 0.352 e. The van der Waals surface area contributed by atoms with Crippen LogP contribution >= 0.6 is 11.3 Å². The van der Waals surface area contributed by atoms with Gasteiger partial charge >= 0.3 is 0 Å². The predicted octanol–water partition coefficient (Wildman–Crippen LogP) is 4.87. The van der Waals surface area contributed by atoms with Crippen LogP contribution in [0.15, 0.2) is 35.7 Å². The van der Waals surface area contributed by atoms with E-state index in [1.165, 1.54) is 22.4 Å². The Hall–Kier alpha value is -1.61. The average molecular weight is 342 g/mol. The first-order chi connectivity index (χ1) is 11.4. The molecule has 1 amide bonds. The smallest absolute Gasteiger partial charge is 0.252 e. The SMILES string of the molecule is CC(C)(C)C1CCc2c(C(=O)NCCc3ccccc3)csc2C1. The lowest BCUT2D eigenvalue weighted by atomic mass is 9.72.